The van der Waals surface area contributed by atoms with Crippen molar-refractivity contribution in [2.24, 2.45) is 17.3 Å². The van der Waals surface area contributed by atoms with Gasteiger partial charge in [-0.15, -0.1) is 0 Å². The largest absolute Gasteiger partial charge is 0.465 e. The molecule has 3 aliphatic carbocycles. The highest BCUT2D eigenvalue weighted by atomic mass is 28.4. The normalized spacial score (nSPS) is 33.2. The minimum absolute atomic E-state index is 0.00267. The fraction of sp³-hybridized carbons (Fsp3) is 0.794. The Kier molecular flexibility index (Phi) is 10.0. The van der Waals surface area contributed by atoms with Crippen LogP contribution in [0.15, 0.2) is 35.5 Å². The van der Waals surface area contributed by atoms with E-state index in [4.69, 9.17) is 13.6 Å². The number of hydrogen-bond acceptors (Lipinski definition) is 4. The molecular formula is C34H60O4Si2. The number of carbonyl (C=O) groups excluding carboxylic acids is 1. The summed E-state index contributed by atoms with van der Waals surface area (Å²) in [6, 6.07) is 0. The van der Waals surface area contributed by atoms with E-state index in [1.165, 1.54) is 24.8 Å². The van der Waals surface area contributed by atoms with E-state index in [1.807, 2.05) is 0 Å². The van der Waals surface area contributed by atoms with Crippen molar-refractivity contribution in [3.8, 4) is 0 Å². The third-order valence-corrected chi connectivity index (χ3v) is 20.6. The Morgan fingerprint density at radius 3 is 2.15 bits per heavy atom. The monoisotopic (exact) mass is 588 g/mol. The van der Waals surface area contributed by atoms with Crippen LogP contribution in [-0.2, 0) is 18.4 Å². The lowest BCUT2D eigenvalue weighted by atomic mass is 9.62. The summed E-state index contributed by atoms with van der Waals surface area (Å²) in [6.07, 6.45) is 12.6. The topological polar surface area (TPSA) is 44.8 Å². The van der Waals surface area contributed by atoms with Crippen LogP contribution in [0.2, 0.25) is 36.3 Å². The lowest BCUT2D eigenvalue weighted by Crippen LogP contribution is -2.49. The maximum Gasteiger partial charge on any atom is 0.293 e. The van der Waals surface area contributed by atoms with Crippen LogP contribution in [0.25, 0.3) is 0 Å². The molecule has 0 saturated heterocycles. The van der Waals surface area contributed by atoms with Crippen molar-refractivity contribution in [3.05, 3.63) is 35.5 Å². The Morgan fingerprint density at radius 1 is 0.975 bits per heavy atom. The van der Waals surface area contributed by atoms with Crippen molar-refractivity contribution in [2.75, 3.05) is 0 Å². The number of fused-ring (bicyclic) bond motifs is 1. The van der Waals surface area contributed by atoms with Gasteiger partial charge in [-0.25, -0.2) is 0 Å². The summed E-state index contributed by atoms with van der Waals surface area (Å²) in [5.41, 5.74) is 4.19. The average molecular weight is 589 g/mol. The molecule has 0 aliphatic heterocycles. The van der Waals surface area contributed by atoms with Gasteiger partial charge in [-0.3, -0.25) is 4.79 Å². The van der Waals surface area contributed by atoms with Crippen molar-refractivity contribution in [3.63, 3.8) is 0 Å². The van der Waals surface area contributed by atoms with Gasteiger partial charge in [0, 0.05) is 12.3 Å². The molecule has 2 unspecified atom stereocenters. The molecule has 0 heterocycles. The summed E-state index contributed by atoms with van der Waals surface area (Å²) in [6.45, 7) is 33.1. The third kappa shape index (κ3) is 6.98. The Bertz CT molecular complexity index is 996. The van der Waals surface area contributed by atoms with E-state index in [-0.39, 0.29) is 33.8 Å². The molecule has 0 spiro atoms. The Hall–Kier alpha value is -0.956. The van der Waals surface area contributed by atoms with E-state index >= 15 is 0 Å². The molecule has 0 amide bonds. The molecule has 0 aromatic rings. The highest BCUT2D eigenvalue weighted by Crippen LogP contribution is 2.58. The maximum atomic E-state index is 11.1. The van der Waals surface area contributed by atoms with Gasteiger partial charge in [0.1, 0.15) is 6.10 Å². The number of carbonyl (C=O) groups is 1. The van der Waals surface area contributed by atoms with E-state index in [9.17, 15) is 4.79 Å². The minimum Gasteiger partial charge on any atom is -0.465 e. The van der Waals surface area contributed by atoms with Crippen LogP contribution < -0.4 is 0 Å². The number of ether oxygens (including phenoxy) is 1. The molecule has 0 bridgehead atoms. The molecule has 0 aromatic heterocycles. The van der Waals surface area contributed by atoms with Gasteiger partial charge in [0.15, 0.2) is 16.6 Å². The van der Waals surface area contributed by atoms with Crippen LogP contribution in [0.1, 0.15) is 100 Å². The molecule has 228 valence electrons. The lowest BCUT2D eigenvalue weighted by Gasteiger charge is -2.45. The van der Waals surface area contributed by atoms with Crippen molar-refractivity contribution in [1.29, 1.82) is 0 Å². The standard InChI is InChI=1S/C34H60O4Si2/c1-24-27(17-16-26-15-14-20-34(9)29(18-19-30(26)34)25(2)36-23-35)21-28(37-39(10,11)32(3,4)5)22-31(24)38-40(12,13)33(6,7)8/h16-17,23,25,28-31H,1,14-15,18-22H2,2-13H3/b26-16+,27-17-/t25-,28?,29+,30-,31?,34+/m0/s1. The van der Waals surface area contributed by atoms with Gasteiger partial charge in [-0.05, 0) is 104 Å². The van der Waals surface area contributed by atoms with Crippen molar-refractivity contribution < 1.29 is 18.4 Å². The third-order valence-electron chi connectivity index (χ3n) is 11.6. The van der Waals surface area contributed by atoms with Gasteiger partial charge in [0.2, 0.25) is 0 Å². The molecule has 6 heteroatoms. The van der Waals surface area contributed by atoms with Crippen molar-refractivity contribution in [2.45, 2.75) is 155 Å². The number of rotatable bonds is 8. The molecular weight excluding hydrogens is 529 g/mol. The first-order chi connectivity index (χ1) is 18.2. The Labute approximate surface area is 248 Å². The van der Waals surface area contributed by atoms with Crippen LogP contribution in [0.3, 0.4) is 0 Å². The van der Waals surface area contributed by atoms with Gasteiger partial charge in [0.05, 0.1) is 12.2 Å². The molecule has 4 nitrogen and oxygen atoms in total. The molecule has 0 aromatic carbocycles. The highest BCUT2D eigenvalue weighted by molar-refractivity contribution is 6.74. The van der Waals surface area contributed by atoms with Gasteiger partial charge < -0.3 is 13.6 Å². The molecule has 0 N–H and O–H groups in total. The molecule has 3 rings (SSSR count). The maximum absolute atomic E-state index is 11.1. The summed E-state index contributed by atoms with van der Waals surface area (Å²) in [4.78, 5) is 11.1. The summed E-state index contributed by atoms with van der Waals surface area (Å²) >= 11 is 0. The predicted octanol–water partition coefficient (Wildman–Crippen LogP) is 9.75. The molecule has 0 radical (unpaired) electrons. The van der Waals surface area contributed by atoms with E-state index in [0.29, 0.717) is 18.3 Å². The zero-order valence-corrected chi connectivity index (χ0v) is 29.9. The summed E-state index contributed by atoms with van der Waals surface area (Å²) < 4.78 is 19.5. The highest BCUT2D eigenvalue weighted by Gasteiger charge is 2.51. The quantitative estimate of drug-likeness (QED) is 0.209. The van der Waals surface area contributed by atoms with E-state index in [1.54, 1.807) is 5.57 Å². The van der Waals surface area contributed by atoms with E-state index < -0.39 is 16.6 Å². The first kappa shape index (κ1) is 33.5. The van der Waals surface area contributed by atoms with Crippen LogP contribution in [0.5, 0.6) is 0 Å². The second-order valence-corrected chi connectivity index (χ2v) is 25.8. The lowest BCUT2D eigenvalue weighted by molar-refractivity contribution is -0.137. The van der Waals surface area contributed by atoms with Crippen LogP contribution >= 0.6 is 0 Å². The fourth-order valence-electron chi connectivity index (χ4n) is 7.00. The first-order valence-electron chi connectivity index (χ1n) is 15.8. The second-order valence-electron chi connectivity index (χ2n) is 16.3. The van der Waals surface area contributed by atoms with Crippen LogP contribution in [-0.4, -0.2) is 41.4 Å². The van der Waals surface area contributed by atoms with Crippen LogP contribution in [0.4, 0.5) is 0 Å². The van der Waals surface area contributed by atoms with Crippen molar-refractivity contribution >= 4 is 23.1 Å². The summed E-state index contributed by atoms with van der Waals surface area (Å²) in [5, 5.41) is 0.308. The smallest absolute Gasteiger partial charge is 0.293 e. The zero-order valence-electron chi connectivity index (χ0n) is 27.9. The molecule has 3 fully saturated rings. The summed E-state index contributed by atoms with van der Waals surface area (Å²) in [5.74, 6) is 0.977. The van der Waals surface area contributed by atoms with Gasteiger partial charge in [-0.2, -0.15) is 0 Å². The van der Waals surface area contributed by atoms with Crippen LogP contribution in [0, 0.1) is 17.3 Å². The van der Waals surface area contributed by atoms with E-state index in [0.717, 1.165) is 31.3 Å². The number of hydrogen-bond donors (Lipinski definition) is 0. The summed E-state index contributed by atoms with van der Waals surface area (Å²) in [7, 11) is -3.91. The fourth-order valence-corrected chi connectivity index (χ4v) is 9.67. The van der Waals surface area contributed by atoms with Gasteiger partial charge in [-0.1, -0.05) is 72.8 Å². The second kappa shape index (κ2) is 12.0. The van der Waals surface area contributed by atoms with Gasteiger partial charge in [0.25, 0.3) is 6.47 Å². The van der Waals surface area contributed by atoms with Gasteiger partial charge >= 0.3 is 0 Å². The van der Waals surface area contributed by atoms with E-state index in [2.05, 4.69) is 100 Å². The van der Waals surface area contributed by atoms with Crippen molar-refractivity contribution in [1.82, 2.24) is 0 Å². The minimum atomic E-state index is -1.98. The average Bonchev–Trinajstić information content (AvgIpc) is 3.16. The molecule has 6 atom stereocenters. The zero-order chi connectivity index (χ0) is 30.3. The SMILES string of the molecule is C=C1/C(=C\C=C2/CCC[C@]3(C)[C@@H]([C@H](C)OC=O)CC[C@@H]23)CC(O[Si](C)(C)C(C)(C)C)CC1O[Si](C)(C)C(C)(C)C. The molecule has 3 saturated carbocycles. The Morgan fingerprint density at radius 2 is 1.57 bits per heavy atom. The molecule has 40 heavy (non-hydrogen) atoms. The molecule has 3 aliphatic rings. The Balaban J connectivity index is 1.92. The first-order valence-corrected chi connectivity index (χ1v) is 21.6. The predicted molar refractivity (Wildman–Crippen MR) is 173 cm³/mol. The number of allylic oxidation sites excluding steroid dienone is 3.